The number of nitrogens with two attached hydrogens (primary N) is 1. The quantitative estimate of drug-likeness (QED) is 0.860. The number of primary amides is 1. The van der Waals surface area contributed by atoms with Gasteiger partial charge in [-0.3, -0.25) is 9.78 Å². The first-order chi connectivity index (χ1) is 9.65. The molecule has 1 aromatic carbocycles. The molecule has 0 atom stereocenters. The molecule has 0 saturated carbocycles. The number of para-hydroxylation sites is 1. The maximum Gasteiger partial charge on any atom is 0.250 e. The summed E-state index contributed by atoms with van der Waals surface area (Å²) in [5, 5.41) is 0. The Hall–Kier alpha value is -2.21. The van der Waals surface area contributed by atoms with Crippen LogP contribution in [-0.4, -0.2) is 54.0 Å². The minimum atomic E-state index is -0.472. The van der Waals surface area contributed by atoms with E-state index in [-0.39, 0.29) is 0 Å². The minimum Gasteiger partial charge on any atom is -0.366 e. The van der Waals surface area contributed by atoms with Gasteiger partial charge in [0.1, 0.15) is 11.3 Å². The van der Waals surface area contributed by atoms with E-state index >= 15 is 0 Å². The Labute approximate surface area is 117 Å². The van der Waals surface area contributed by atoms with Crippen LogP contribution in [0, 0.1) is 0 Å². The zero-order valence-electron chi connectivity index (χ0n) is 11.4. The van der Waals surface area contributed by atoms with Crippen molar-refractivity contribution in [2.75, 3.05) is 38.1 Å². The Morgan fingerprint density at radius 3 is 2.70 bits per heavy atom. The SMILES string of the molecule is CN1CCN(c2cnc3cccc(C(N)=O)c3n2)CC1. The summed E-state index contributed by atoms with van der Waals surface area (Å²) in [6, 6.07) is 5.29. The van der Waals surface area contributed by atoms with Crippen molar-refractivity contribution in [2.45, 2.75) is 0 Å². The summed E-state index contributed by atoms with van der Waals surface area (Å²) >= 11 is 0. The smallest absolute Gasteiger partial charge is 0.250 e. The largest absolute Gasteiger partial charge is 0.366 e. The van der Waals surface area contributed by atoms with Crippen molar-refractivity contribution in [2.24, 2.45) is 5.73 Å². The molecule has 0 spiro atoms. The first kappa shape index (κ1) is 12.8. The van der Waals surface area contributed by atoms with Crippen LogP contribution >= 0.6 is 0 Å². The molecule has 1 aliphatic heterocycles. The number of hydrogen-bond acceptors (Lipinski definition) is 5. The molecule has 1 fully saturated rings. The van der Waals surface area contributed by atoms with Crippen LogP contribution in [0.3, 0.4) is 0 Å². The highest BCUT2D eigenvalue weighted by Crippen LogP contribution is 2.19. The van der Waals surface area contributed by atoms with Crippen molar-refractivity contribution in [3.05, 3.63) is 30.0 Å². The molecule has 104 valence electrons. The number of carbonyl (C=O) groups is 1. The Bertz CT molecular complexity index is 649. The maximum absolute atomic E-state index is 11.5. The lowest BCUT2D eigenvalue weighted by molar-refractivity contribution is 0.100. The fraction of sp³-hybridized carbons (Fsp3) is 0.357. The molecular weight excluding hydrogens is 254 g/mol. The Morgan fingerprint density at radius 1 is 1.25 bits per heavy atom. The molecule has 2 N–H and O–H groups in total. The van der Waals surface area contributed by atoms with E-state index in [9.17, 15) is 4.79 Å². The molecule has 0 radical (unpaired) electrons. The van der Waals surface area contributed by atoms with E-state index in [1.54, 1.807) is 18.3 Å². The average molecular weight is 271 g/mol. The van der Waals surface area contributed by atoms with Gasteiger partial charge in [0.15, 0.2) is 0 Å². The second-order valence-corrected chi connectivity index (χ2v) is 5.06. The topological polar surface area (TPSA) is 75.3 Å². The van der Waals surface area contributed by atoms with Crippen LogP contribution in [0.25, 0.3) is 11.0 Å². The van der Waals surface area contributed by atoms with Gasteiger partial charge in [-0.1, -0.05) is 6.07 Å². The third kappa shape index (κ3) is 2.30. The van der Waals surface area contributed by atoms with Crippen LogP contribution in [-0.2, 0) is 0 Å². The molecule has 20 heavy (non-hydrogen) atoms. The van der Waals surface area contributed by atoms with Crippen LogP contribution < -0.4 is 10.6 Å². The summed E-state index contributed by atoms with van der Waals surface area (Å²) in [7, 11) is 2.11. The monoisotopic (exact) mass is 271 g/mol. The summed E-state index contributed by atoms with van der Waals surface area (Å²) < 4.78 is 0. The van der Waals surface area contributed by atoms with Crippen molar-refractivity contribution >= 4 is 22.8 Å². The van der Waals surface area contributed by atoms with Crippen molar-refractivity contribution in [1.29, 1.82) is 0 Å². The third-order valence-corrected chi connectivity index (χ3v) is 3.65. The predicted octanol–water partition coefficient (Wildman–Crippen LogP) is 0.481. The summed E-state index contributed by atoms with van der Waals surface area (Å²) in [5.41, 5.74) is 7.10. The van der Waals surface area contributed by atoms with E-state index in [2.05, 4.69) is 26.8 Å². The van der Waals surface area contributed by atoms with Gasteiger partial charge in [-0.15, -0.1) is 0 Å². The fourth-order valence-electron chi connectivity index (χ4n) is 2.41. The minimum absolute atomic E-state index is 0.422. The third-order valence-electron chi connectivity index (χ3n) is 3.65. The standard InChI is InChI=1S/C14H17N5O/c1-18-5-7-19(8-6-18)12-9-16-11-4-2-3-10(14(15)20)13(11)17-12/h2-4,9H,5-8H2,1H3,(H2,15,20). The number of piperazine rings is 1. The summed E-state index contributed by atoms with van der Waals surface area (Å²) in [6.45, 7) is 3.82. The Balaban J connectivity index is 2.01. The van der Waals surface area contributed by atoms with E-state index in [0.717, 1.165) is 32.0 Å². The van der Waals surface area contributed by atoms with Crippen LogP contribution in [0.4, 0.5) is 5.82 Å². The Kier molecular flexibility index (Phi) is 3.23. The van der Waals surface area contributed by atoms with Gasteiger partial charge in [0, 0.05) is 26.2 Å². The van der Waals surface area contributed by atoms with Crippen molar-refractivity contribution in [3.63, 3.8) is 0 Å². The lowest BCUT2D eigenvalue weighted by Crippen LogP contribution is -2.44. The van der Waals surface area contributed by atoms with Crippen LogP contribution in [0.15, 0.2) is 24.4 Å². The summed E-state index contributed by atoms with van der Waals surface area (Å²) in [6.07, 6.45) is 1.76. The summed E-state index contributed by atoms with van der Waals surface area (Å²) in [5.74, 6) is 0.333. The molecule has 1 saturated heterocycles. The molecule has 6 nitrogen and oxygen atoms in total. The van der Waals surface area contributed by atoms with Gasteiger partial charge in [0.25, 0.3) is 5.91 Å². The van der Waals surface area contributed by atoms with E-state index in [1.165, 1.54) is 0 Å². The van der Waals surface area contributed by atoms with E-state index in [0.29, 0.717) is 16.6 Å². The number of nitrogens with zero attached hydrogens (tertiary/aromatic N) is 4. The molecule has 0 aliphatic carbocycles. The number of amides is 1. The van der Waals surface area contributed by atoms with Crippen LogP contribution in [0.2, 0.25) is 0 Å². The highest BCUT2D eigenvalue weighted by molar-refractivity contribution is 6.04. The molecule has 6 heteroatoms. The van der Waals surface area contributed by atoms with Crippen LogP contribution in [0.5, 0.6) is 0 Å². The van der Waals surface area contributed by atoms with Crippen molar-refractivity contribution < 1.29 is 4.79 Å². The molecule has 0 bridgehead atoms. The van der Waals surface area contributed by atoms with Gasteiger partial charge in [-0.05, 0) is 19.2 Å². The van der Waals surface area contributed by atoms with Gasteiger partial charge in [0.2, 0.25) is 0 Å². The second-order valence-electron chi connectivity index (χ2n) is 5.06. The maximum atomic E-state index is 11.5. The number of anilines is 1. The lowest BCUT2D eigenvalue weighted by atomic mass is 10.1. The molecule has 2 heterocycles. The molecule has 1 amide bonds. The normalized spacial score (nSPS) is 16.6. The zero-order chi connectivity index (χ0) is 14.1. The average Bonchev–Trinajstić information content (AvgIpc) is 2.46. The van der Waals surface area contributed by atoms with Gasteiger partial charge >= 0.3 is 0 Å². The van der Waals surface area contributed by atoms with E-state index in [1.807, 2.05) is 6.07 Å². The molecular formula is C14H17N5O. The van der Waals surface area contributed by atoms with Gasteiger partial charge < -0.3 is 15.5 Å². The predicted molar refractivity (Wildman–Crippen MR) is 77.8 cm³/mol. The Morgan fingerprint density at radius 2 is 2.00 bits per heavy atom. The lowest BCUT2D eigenvalue weighted by Gasteiger charge is -2.33. The first-order valence-corrected chi connectivity index (χ1v) is 6.64. The molecule has 1 aromatic heterocycles. The number of fused-ring (bicyclic) bond motifs is 1. The van der Waals surface area contributed by atoms with Gasteiger partial charge in [-0.25, -0.2) is 4.98 Å². The number of rotatable bonds is 2. The highest BCUT2D eigenvalue weighted by atomic mass is 16.1. The van der Waals surface area contributed by atoms with E-state index < -0.39 is 5.91 Å². The summed E-state index contributed by atoms with van der Waals surface area (Å²) in [4.78, 5) is 24.9. The first-order valence-electron chi connectivity index (χ1n) is 6.64. The van der Waals surface area contributed by atoms with Crippen LogP contribution in [0.1, 0.15) is 10.4 Å². The van der Waals surface area contributed by atoms with E-state index in [4.69, 9.17) is 5.73 Å². The zero-order valence-corrected chi connectivity index (χ0v) is 11.4. The number of benzene rings is 1. The number of likely N-dealkylation sites (N-methyl/N-ethyl adjacent to an activating group) is 1. The molecule has 3 rings (SSSR count). The molecule has 1 aliphatic rings. The fourth-order valence-corrected chi connectivity index (χ4v) is 2.41. The second kappa shape index (κ2) is 5.05. The number of aromatic nitrogens is 2. The highest BCUT2D eigenvalue weighted by Gasteiger charge is 2.17. The van der Waals surface area contributed by atoms with Gasteiger partial charge in [0.05, 0.1) is 17.3 Å². The molecule has 2 aromatic rings. The van der Waals surface area contributed by atoms with Crippen molar-refractivity contribution in [1.82, 2.24) is 14.9 Å². The molecule has 0 unspecified atom stereocenters. The van der Waals surface area contributed by atoms with Gasteiger partial charge in [-0.2, -0.15) is 0 Å². The number of hydrogen-bond donors (Lipinski definition) is 1. The van der Waals surface area contributed by atoms with Crippen molar-refractivity contribution in [3.8, 4) is 0 Å². The number of carbonyl (C=O) groups excluding carboxylic acids is 1.